The van der Waals surface area contributed by atoms with Gasteiger partial charge in [-0.05, 0) is 19.9 Å². The number of aromatic nitrogens is 1. The molecule has 0 saturated heterocycles. The highest BCUT2D eigenvalue weighted by Crippen LogP contribution is 2.27. The second kappa shape index (κ2) is 6.54. The number of hydrogen-bond donors (Lipinski definition) is 1. The minimum Gasteiger partial charge on any atom is -0.466 e. The molecule has 5 heteroatoms. The van der Waals surface area contributed by atoms with Gasteiger partial charge in [0.1, 0.15) is 11.5 Å². The van der Waals surface area contributed by atoms with E-state index in [2.05, 4.69) is 10.3 Å². The van der Waals surface area contributed by atoms with Crippen molar-refractivity contribution >= 4 is 0 Å². The van der Waals surface area contributed by atoms with Crippen molar-refractivity contribution in [2.45, 2.75) is 20.3 Å². The van der Waals surface area contributed by atoms with Crippen LogP contribution in [-0.2, 0) is 11.2 Å². The first-order chi connectivity index (χ1) is 9.20. The van der Waals surface area contributed by atoms with Crippen molar-refractivity contribution < 1.29 is 13.6 Å². The number of rotatable bonds is 7. The Balaban J connectivity index is 1.90. The Bertz CT molecular complexity index is 516. The van der Waals surface area contributed by atoms with Crippen molar-refractivity contribution in [3.8, 4) is 11.3 Å². The maximum atomic E-state index is 5.73. The molecular weight excluding hydrogens is 244 g/mol. The normalized spacial score (nSPS) is 11.1. The molecule has 104 valence electrons. The number of nitrogens with one attached hydrogen (secondary N) is 1. The van der Waals surface area contributed by atoms with E-state index in [-0.39, 0.29) is 0 Å². The number of aryl methyl sites for hydroxylation is 2. The predicted molar refractivity (Wildman–Crippen MR) is 72.1 cm³/mol. The minimum absolute atomic E-state index is 0.713. The number of hydrogen-bond acceptors (Lipinski definition) is 5. The standard InChI is InChI=1S/C14H20N2O3/c1-10-8-12(11(2)18-10)13-9-16-14(19-13)4-5-15-6-7-17-3/h8-9,15H,4-7H2,1-3H3. The Morgan fingerprint density at radius 1 is 1.26 bits per heavy atom. The van der Waals surface area contributed by atoms with E-state index in [0.29, 0.717) is 6.61 Å². The van der Waals surface area contributed by atoms with Gasteiger partial charge in [-0.25, -0.2) is 4.98 Å². The summed E-state index contributed by atoms with van der Waals surface area (Å²) < 4.78 is 16.2. The highest BCUT2D eigenvalue weighted by atomic mass is 16.5. The van der Waals surface area contributed by atoms with Crippen molar-refractivity contribution in [2.24, 2.45) is 0 Å². The van der Waals surface area contributed by atoms with Gasteiger partial charge in [-0.1, -0.05) is 0 Å². The van der Waals surface area contributed by atoms with Crippen molar-refractivity contribution in [3.05, 3.63) is 29.7 Å². The Morgan fingerprint density at radius 2 is 2.11 bits per heavy atom. The fraction of sp³-hybridized carbons (Fsp3) is 0.500. The second-order valence-corrected chi connectivity index (χ2v) is 4.44. The van der Waals surface area contributed by atoms with Crippen LogP contribution in [0.15, 0.2) is 21.1 Å². The largest absolute Gasteiger partial charge is 0.466 e. The van der Waals surface area contributed by atoms with Crippen molar-refractivity contribution in [1.29, 1.82) is 0 Å². The first kappa shape index (κ1) is 13.8. The van der Waals surface area contributed by atoms with E-state index >= 15 is 0 Å². The molecule has 0 atom stereocenters. The molecule has 0 aliphatic carbocycles. The van der Waals surface area contributed by atoms with Gasteiger partial charge in [0.25, 0.3) is 0 Å². The van der Waals surface area contributed by atoms with Gasteiger partial charge in [0.15, 0.2) is 11.7 Å². The highest BCUT2D eigenvalue weighted by molar-refractivity contribution is 5.59. The van der Waals surface area contributed by atoms with Crippen LogP contribution in [0.5, 0.6) is 0 Å². The van der Waals surface area contributed by atoms with Crippen LogP contribution in [0.25, 0.3) is 11.3 Å². The van der Waals surface area contributed by atoms with Gasteiger partial charge in [0.2, 0.25) is 0 Å². The van der Waals surface area contributed by atoms with E-state index in [0.717, 1.165) is 48.2 Å². The molecule has 2 heterocycles. The summed E-state index contributed by atoms with van der Waals surface area (Å²) in [5.41, 5.74) is 0.976. The maximum absolute atomic E-state index is 5.73. The second-order valence-electron chi connectivity index (χ2n) is 4.44. The Hall–Kier alpha value is -1.59. The van der Waals surface area contributed by atoms with Crippen LogP contribution in [0.4, 0.5) is 0 Å². The molecule has 0 saturated carbocycles. The maximum Gasteiger partial charge on any atom is 0.196 e. The van der Waals surface area contributed by atoms with Gasteiger partial charge in [-0.15, -0.1) is 0 Å². The summed E-state index contributed by atoms with van der Waals surface area (Å²) >= 11 is 0. The molecule has 1 N–H and O–H groups in total. The molecule has 2 aromatic rings. The van der Waals surface area contributed by atoms with E-state index in [1.54, 1.807) is 13.3 Å². The molecule has 0 spiro atoms. The monoisotopic (exact) mass is 264 g/mol. The lowest BCUT2D eigenvalue weighted by Crippen LogP contribution is -2.21. The minimum atomic E-state index is 0.713. The fourth-order valence-electron chi connectivity index (χ4n) is 1.92. The van der Waals surface area contributed by atoms with E-state index in [9.17, 15) is 0 Å². The van der Waals surface area contributed by atoms with Crippen LogP contribution in [0.1, 0.15) is 17.4 Å². The summed E-state index contributed by atoms with van der Waals surface area (Å²) in [6.45, 7) is 6.23. The highest BCUT2D eigenvalue weighted by Gasteiger charge is 2.12. The molecule has 0 aliphatic rings. The first-order valence-electron chi connectivity index (χ1n) is 6.42. The van der Waals surface area contributed by atoms with Crippen LogP contribution in [-0.4, -0.2) is 31.8 Å². The van der Waals surface area contributed by atoms with E-state index < -0.39 is 0 Å². The average molecular weight is 264 g/mol. The number of nitrogens with zero attached hydrogens (tertiary/aromatic N) is 1. The van der Waals surface area contributed by atoms with Gasteiger partial charge in [0.05, 0.1) is 18.4 Å². The van der Waals surface area contributed by atoms with Crippen molar-refractivity contribution in [2.75, 3.05) is 26.8 Å². The van der Waals surface area contributed by atoms with Crippen LogP contribution in [0.2, 0.25) is 0 Å². The van der Waals surface area contributed by atoms with E-state index in [1.165, 1.54) is 0 Å². The lowest BCUT2D eigenvalue weighted by Gasteiger charge is -2.01. The number of oxazole rings is 1. The van der Waals surface area contributed by atoms with Crippen LogP contribution in [0, 0.1) is 13.8 Å². The van der Waals surface area contributed by atoms with Gasteiger partial charge in [-0.2, -0.15) is 0 Å². The smallest absolute Gasteiger partial charge is 0.196 e. The van der Waals surface area contributed by atoms with Gasteiger partial charge in [0, 0.05) is 26.6 Å². The molecule has 5 nitrogen and oxygen atoms in total. The Kier molecular flexibility index (Phi) is 4.76. The molecule has 2 rings (SSSR count). The van der Waals surface area contributed by atoms with Crippen LogP contribution >= 0.6 is 0 Å². The zero-order valence-corrected chi connectivity index (χ0v) is 11.7. The molecule has 0 bridgehead atoms. The predicted octanol–water partition coefficient (Wildman–Crippen LogP) is 2.33. The molecule has 19 heavy (non-hydrogen) atoms. The average Bonchev–Trinajstić information content (AvgIpc) is 2.95. The fourth-order valence-corrected chi connectivity index (χ4v) is 1.92. The third-order valence-corrected chi connectivity index (χ3v) is 2.86. The van der Waals surface area contributed by atoms with Gasteiger partial charge >= 0.3 is 0 Å². The Labute approximate surface area is 113 Å². The SMILES string of the molecule is COCCNCCc1ncc(-c2cc(C)oc2C)o1. The molecule has 0 radical (unpaired) electrons. The summed E-state index contributed by atoms with van der Waals surface area (Å²) in [5, 5.41) is 3.26. The molecule has 0 fully saturated rings. The summed E-state index contributed by atoms with van der Waals surface area (Å²) in [4.78, 5) is 4.28. The third-order valence-electron chi connectivity index (χ3n) is 2.86. The van der Waals surface area contributed by atoms with Crippen LogP contribution < -0.4 is 5.32 Å². The molecule has 0 amide bonds. The molecule has 0 aromatic carbocycles. The first-order valence-corrected chi connectivity index (χ1v) is 6.42. The lowest BCUT2D eigenvalue weighted by atomic mass is 10.2. The number of ether oxygens (including phenoxy) is 1. The van der Waals surface area contributed by atoms with Crippen LogP contribution in [0.3, 0.4) is 0 Å². The third kappa shape index (κ3) is 3.68. The summed E-state index contributed by atoms with van der Waals surface area (Å²) in [5.74, 6) is 3.24. The topological polar surface area (TPSA) is 60.4 Å². The van der Waals surface area contributed by atoms with E-state index in [1.807, 2.05) is 19.9 Å². The molecule has 0 aliphatic heterocycles. The van der Waals surface area contributed by atoms with E-state index in [4.69, 9.17) is 13.6 Å². The lowest BCUT2D eigenvalue weighted by molar-refractivity contribution is 0.199. The zero-order chi connectivity index (χ0) is 13.7. The number of methoxy groups -OCH3 is 1. The Morgan fingerprint density at radius 3 is 2.79 bits per heavy atom. The van der Waals surface area contributed by atoms with Gasteiger partial charge in [-0.3, -0.25) is 0 Å². The summed E-state index contributed by atoms with van der Waals surface area (Å²) in [6.07, 6.45) is 2.52. The van der Waals surface area contributed by atoms with Crippen molar-refractivity contribution in [3.63, 3.8) is 0 Å². The molecule has 0 unspecified atom stereocenters. The summed E-state index contributed by atoms with van der Waals surface area (Å²) in [6, 6.07) is 1.97. The molecule has 2 aromatic heterocycles. The zero-order valence-electron chi connectivity index (χ0n) is 11.7. The summed E-state index contributed by atoms with van der Waals surface area (Å²) in [7, 11) is 1.69. The molecular formula is C14H20N2O3. The number of furan rings is 1. The van der Waals surface area contributed by atoms with Crippen molar-refractivity contribution in [1.82, 2.24) is 10.3 Å². The van der Waals surface area contributed by atoms with Gasteiger partial charge < -0.3 is 18.9 Å². The quantitative estimate of drug-likeness (QED) is 0.778.